The number of halogens is 3. The van der Waals surface area contributed by atoms with Crippen LogP contribution in [-0.4, -0.2) is 23.8 Å². The molecule has 2 unspecified atom stereocenters. The Bertz CT molecular complexity index is 1960. The van der Waals surface area contributed by atoms with Gasteiger partial charge in [0.15, 0.2) is 0 Å². The van der Waals surface area contributed by atoms with Gasteiger partial charge in [0.05, 0.1) is 11.1 Å². The molecular formula is C42H36F3NO3. The fourth-order valence-electron chi connectivity index (χ4n) is 6.59. The van der Waals surface area contributed by atoms with Gasteiger partial charge < -0.3 is 4.74 Å². The summed E-state index contributed by atoms with van der Waals surface area (Å²) in [6.07, 6.45) is -4.26. The van der Waals surface area contributed by atoms with E-state index in [9.17, 15) is 18.0 Å². The molecule has 1 heterocycles. The molecule has 0 bridgehead atoms. The molecule has 248 valence electrons. The molecule has 5 aromatic rings. The van der Waals surface area contributed by atoms with Gasteiger partial charge in [-0.1, -0.05) is 133 Å². The third kappa shape index (κ3) is 7.07. The molecule has 5 aromatic carbocycles. The van der Waals surface area contributed by atoms with Gasteiger partial charge in [-0.3, -0.25) is 4.79 Å². The summed E-state index contributed by atoms with van der Waals surface area (Å²) in [6.45, 7) is 5.09. The van der Waals surface area contributed by atoms with Crippen molar-refractivity contribution in [1.82, 2.24) is 0 Å². The maximum Gasteiger partial charge on any atom is 0.421 e. The molecule has 2 amide bonds. The maximum absolute atomic E-state index is 15.0. The molecular weight excluding hydrogens is 623 g/mol. The zero-order chi connectivity index (χ0) is 34.8. The molecule has 0 saturated carbocycles. The number of amides is 2. The van der Waals surface area contributed by atoms with Crippen molar-refractivity contribution in [2.75, 3.05) is 4.90 Å². The quantitative estimate of drug-likeness (QED) is 0.163. The number of imide groups is 1. The summed E-state index contributed by atoms with van der Waals surface area (Å²) < 4.78 is 47.7. The first-order chi connectivity index (χ1) is 23.4. The van der Waals surface area contributed by atoms with Crippen LogP contribution in [0.4, 0.5) is 23.7 Å². The van der Waals surface area contributed by atoms with Crippen LogP contribution in [0, 0.1) is 0 Å². The van der Waals surface area contributed by atoms with E-state index < -0.39 is 35.1 Å². The Kier molecular flexibility index (Phi) is 9.04. The number of anilines is 1. The lowest BCUT2D eigenvalue weighted by atomic mass is 9.64. The average molecular weight is 660 g/mol. The summed E-state index contributed by atoms with van der Waals surface area (Å²) in [4.78, 5) is 29.8. The Morgan fingerprint density at radius 3 is 1.73 bits per heavy atom. The van der Waals surface area contributed by atoms with Crippen molar-refractivity contribution in [2.45, 2.75) is 50.3 Å². The maximum atomic E-state index is 15.0. The third-order valence-electron chi connectivity index (χ3n) is 8.72. The van der Waals surface area contributed by atoms with Gasteiger partial charge in [-0.2, -0.15) is 13.2 Å². The Labute approximate surface area is 284 Å². The molecule has 0 radical (unpaired) electrons. The number of fused-ring (bicyclic) bond motifs is 1. The van der Waals surface area contributed by atoms with Crippen LogP contribution in [-0.2, 0) is 21.4 Å². The topological polar surface area (TPSA) is 46.6 Å². The molecule has 1 aliphatic rings. The zero-order valence-corrected chi connectivity index (χ0v) is 27.4. The van der Waals surface area contributed by atoms with Crippen LogP contribution in [0.1, 0.15) is 43.4 Å². The minimum absolute atomic E-state index is 0.0184. The van der Waals surface area contributed by atoms with Crippen LogP contribution in [0.5, 0.6) is 0 Å². The molecule has 1 aliphatic heterocycles. The summed E-state index contributed by atoms with van der Waals surface area (Å²) in [5, 5.41) is 0. The summed E-state index contributed by atoms with van der Waals surface area (Å²) in [6, 6.07) is 41.1. The van der Waals surface area contributed by atoms with E-state index in [-0.39, 0.29) is 18.2 Å². The van der Waals surface area contributed by atoms with Crippen LogP contribution < -0.4 is 4.90 Å². The van der Waals surface area contributed by atoms with Crippen LogP contribution in [0.2, 0.25) is 0 Å². The minimum Gasteiger partial charge on any atom is -0.443 e. The van der Waals surface area contributed by atoms with E-state index in [1.54, 1.807) is 57.2 Å². The molecule has 0 fully saturated rings. The molecule has 0 spiro atoms. The Balaban J connectivity index is 1.54. The van der Waals surface area contributed by atoms with Crippen LogP contribution in [0.15, 0.2) is 146 Å². The third-order valence-corrected chi connectivity index (χ3v) is 8.72. The smallest absolute Gasteiger partial charge is 0.421 e. The number of alkyl halides is 3. The fraction of sp³-hybridized carbons (Fsp3) is 0.190. The van der Waals surface area contributed by atoms with Crippen LogP contribution in [0.3, 0.4) is 0 Å². The second-order valence-electron chi connectivity index (χ2n) is 13.2. The van der Waals surface area contributed by atoms with Crippen molar-refractivity contribution in [3.05, 3.63) is 162 Å². The first kappa shape index (κ1) is 33.5. The number of rotatable bonds is 7. The Morgan fingerprint density at radius 2 is 1.20 bits per heavy atom. The summed E-state index contributed by atoms with van der Waals surface area (Å²) in [7, 11) is 0. The molecule has 7 heteroatoms. The lowest BCUT2D eigenvalue weighted by Crippen LogP contribution is -2.49. The lowest BCUT2D eigenvalue weighted by Gasteiger charge is -2.36. The number of carbonyl (C=O) groups excluding carboxylic acids is 2. The summed E-state index contributed by atoms with van der Waals surface area (Å²) in [5.74, 6) is -1.77. The minimum atomic E-state index is -4.65. The number of ether oxygens (including phenoxy) is 1. The number of allylic oxidation sites excluding steroid dienone is 2. The Hall–Kier alpha value is -5.43. The van der Waals surface area contributed by atoms with E-state index in [1.165, 1.54) is 0 Å². The molecule has 6 rings (SSSR count). The van der Waals surface area contributed by atoms with Crippen molar-refractivity contribution in [2.24, 2.45) is 0 Å². The van der Waals surface area contributed by atoms with Gasteiger partial charge in [0.2, 0.25) is 5.91 Å². The molecule has 0 aromatic heterocycles. The van der Waals surface area contributed by atoms with E-state index in [4.69, 9.17) is 4.74 Å². The Morgan fingerprint density at radius 1 is 0.714 bits per heavy atom. The van der Waals surface area contributed by atoms with Crippen LogP contribution >= 0.6 is 0 Å². The standard InChI is InChI=1S/C42H36F3NO3/c1-40(2,3)49-39(48)46-37-17-11-10-16-36(37)41(38(46)47,28-29-18-20-32(21-19-29)30-12-6-4-7-13-30)35(26-27-42(43,44)45)34-24-22-33(23-25-34)31-14-8-5-9-15-31/h4-27,35H,28H2,1-3H3/b27-26+. The normalized spacial score (nSPS) is 16.9. The highest BCUT2D eigenvalue weighted by Crippen LogP contribution is 2.53. The summed E-state index contributed by atoms with van der Waals surface area (Å²) in [5.41, 5.74) is 3.17. The lowest BCUT2D eigenvalue weighted by molar-refractivity contribution is -0.123. The number of hydrogen-bond donors (Lipinski definition) is 0. The van der Waals surface area contributed by atoms with Crippen molar-refractivity contribution in [1.29, 1.82) is 0 Å². The average Bonchev–Trinajstić information content (AvgIpc) is 3.32. The van der Waals surface area contributed by atoms with Crippen molar-refractivity contribution in [3.63, 3.8) is 0 Å². The number of carbonyl (C=O) groups is 2. The SMILES string of the molecule is CC(C)(C)OC(=O)N1C(=O)C(Cc2ccc(-c3ccccc3)cc2)(C(/C=C/C(F)(F)F)c2ccc(-c3ccccc3)cc2)c2ccccc21. The highest BCUT2D eigenvalue weighted by atomic mass is 19.4. The van der Waals surface area contributed by atoms with Gasteiger partial charge >= 0.3 is 12.3 Å². The van der Waals surface area contributed by atoms with E-state index in [0.717, 1.165) is 38.8 Å². The van der Waals surface area contributed by atoms with Gasteiger partial charge in [0.25, 0.3) is 0 Å². The molecule has 49 heavy (non-hydrogen) atoms. The first-order valence-corrected chi connectivity index (χ1v) is 16.1. The highest BCUT2D eigenvalue weighted by molar-refractivity contribution is 6.21. The predicted molar refractivity (Wildman–Crippen MR) is 187 cm³/mol. The monoisotopic (exact) mass is 659 g/mol. The number of nitrogens with zero attached hydrogens (tertiary/aromatic N) is 1. The van der Waals surface area contributed by atoms with E-state index >= 15 is 4.79 Å². The number of benzene rings is 5. The second-order valence-corrected chi connectivity index (χ2v) is 13.2. The molecule has 4 nitrogen and oxygen atoms in total. The number of hydrogen-bond acceptors (Lipinski definition) is 3. The van der Waals surface area contributed by atoms with Crippen molar-refractivity contribution in [3.8, 4) is 22.3 Å². The fourth-order valence-corrected chi connectivity index (χ4v) is 6.59. The molecule has 0 aliphatic carbocycles. The van der Waals surface area contributed by atoms with Gasteiger partial charge in [0, 0.05) is 12.0 Å². The van der Waals surface area contributed by atoms with E-state index in [2.05, 4.69) is 0 Å². The van der Waals surface area contributed by atoms with Gasteiger partial charge in [-0.05, 0) is 72.2 Å². The van der Waals surface area contributed by atoms with Gasteiger partial charge in [-0.15, -0.1) is 0 Å². The predicted octanol–water partition coefficient (Wildman–Crippen LogP) is 10.7. The number of para-hydroxylation sites is 1. The van der Waals surface area contributed by atoms with Gasteiger partial charge in [0.1, 0.15) is 5.60 Å². The van der Waals surface area contributed by atoms with Crippen LogP contribution in [0.25, 0.3) is 22.3 Å². The summed E-state index contributed by atoms with van der Waals surface area (Å²) >= 11 is 0. The van der Waals surface area contributed by atoms with Crippen molar-refractivity contribution >= 4 is 17.7 Å². The highest BCUT2D eigenvalue weighted by Gasteiger charge is 2.57. The van der Waals surface area contributed by atoms with E-state index in [0.29, 0.717) is 11.1 Å². The molecule has 0 saturated heterocycles. The first-order valence-electron chi connectivity index (χ1n) is 16.1. The largest absolute Gasteiger partial charge is 0.443 e. The van der Waals surface area contributed by atoms with Crippen molar-refractivity contribution < 1.29 is 27.5 Å². The van der Waals surface area contributed by atoms with E-state index in [1.807, 2.05) is 97.1 Å². The molecule has 0 N–H and O–H groups in total. The molecule has 2 atom stereocenters. The zero-order valence-electron chi connectivity index (χ0n) is 27.4. The second kappa shape index (κ2) is 13.2. The van der Waals surface area contributed by atoms with Gasteiger partial charge in [-0.25, -0.2) is 9.69 Å².